The summed E-state index contributed by atoms with van der Waals surface area (Å²) in [5, 5.41) is 6.57. The molecule has 1 aromatic rings. The van der Waals surface area contributed by atoms with Crippen LogP contribution in [0.25, 0.3) is 0 Å². The number of benzene rings is 1. The molecule has 0 saturated heterocycles. The molecule has 6 nitrogen and oxygen atoms in total. The highest BCUT2D eigenvalue weighted by Crippen LogP contribution is 2.24. The van der Waals surface area contributed by atoms with E-state index in [2.05, 4.69) is 10.6 Å². The van der Waals surface area contributed by atoms with E-state index in [0.717, 1.165) is 0 Å². The van der Waals surface area contributed by atoms with Crippen molar-refractivity contribution in [3.8, 4) is 0 Å². The molecule has 0 spiro atoms. The van der Waals surface area contributed by atoms with E-state index in [4.69, 9.17) is 32.7 Å². The standard InChI is InChI=1S/C17H24Cl2N2O4/c1-10(21-16(23)25-17(2,3)4)9-20-14(15(22)24-5)11-6-12(18)8-13(19)7-11/h6-8,10,14,20H,9H2,1-5H3,(H,21,23). The smallest absolute Gasteiger partial charge is 0.407 e. The van der Waals surface area contributed by atoms with Crippen molar-refractivity contribution in [2.45, 2.75) is 45.4 Å². The maximum Gasteiger partial charge on any atom is 0.407 e. The minimum Gasteiger partial charge on any atom is -0.468 e. The van der Waals surface area contributed by atoms with Crippen LogP contribution in [0.1, 0.15) is 39.3 Å². The number of alkyl carbamates (subject to hydrolysis) is 1. The number of rotatable bonds is 6. The Balaban J connectivity index is 2.74. The molecule has 0 aliphatic rings. The van der Waals surface area contributed by atoms with Gasteiger partial charge >= 0.3 is 12.1 Å². The van der Waals surface area contributed by atoms with E-state index in [-0.39, 0.29) is 6.04 Å². The van der Waals surface area contributed by atoms with Crippen molar-refractivity contribution in [2.75, 3.05) is 13.7 Å². The summed E-state index contributed by atoms with van der Waals surface area (Å²) in [6.07, 6.45) is -0.526. The number of carbonyl (C=O) groups is 2. The first-order chi connectivity index (χ1) is 11.5. The molecular formula is C17H24Cl2N2O4. The maximum absolute atomic E-state index is 12.1. The predicted molar refractivity (Wildman–Crippen MR) is 98.1 cm³/mol. The molecule has 1 amide bonds. The average Bonchev–Trinajstić information content (AvgIpc) is 2.43. The zero-order valence-corrected chi connectivity index (χ0v) is 16.5. The Morgan fingerprint density at radius 1 is 1.16 bits per heavy atom. The van der Waals surface area contributed by atoms with Gasteiger partial charge in [0.2, 0.25) is 0 Å². The van der Waals surface area contributed by atoms with Crippen LogP contribution in [-0.4, -0.2) is 37.4 Å². The summed E-state index contributed by atoms with van der Waals surface area (Å²) in [7, 11) is 1.30. The lowest BCUT2D eigenvalue weighted by molar-refractivity contribution is -0.143. The first kappa shape index (κ1) is 21.5. The minimum atomic E-state index is -0.760. The van der Waals surface area contributed by atoms with Gasteiger partial charge in [0.25, 0.3) is 0 Å². The van der Waals surface area contributed by atoms with Crippen LogP contribution in [-0.2, 0) is 14.3 Å². The highest BCUT2D eigenvalue weighted by Gasteiger charge is 2.23. The molecule has 2 N–H and O–H groups in total. The van der Waals surface area contributed by atoms with Crippen LogP contribution < -0.4 is 10.6 Å². The van der Waals surface area contributed by atoms with Crippen LogP contribution in [0.3, 0.4) is 0 Å². The summed E-state index contributed by atoms with van der Waals surface area (Å²) in [6.45, 7) is 7.45. The molecule has 2 atom stereocenters. The Bertz CT molecular complexity index is 597. The van der Waals surface area contributed by atoms with Gasteiger partial charge in [-0.2, -0.15) is 0 Å². The van der Waals surface area contributed by atoms with Crippen molar-refractivity contribution in [2.24, 2.45) is 0 Å². The molecule has 0 saturated carbocycles. The highest BCUT2D eigenvalue weighted by molar-refractivity contribution is 6.34. The quantitative estimate of drug-likeness (QED) is 0.723. The Hall–Kier alpha value is -1.50. The van der Waals surface area contributed by atoms with Gasteiger partial charge in [-0.05, 0) is 51.5 Å². The molecular weight excluding hydrogens is 367 g/mol. The van der Waals surface area contributed by atoms with E-state index in [9.17, 15) is 9.59 Å². The second-order valence-corrected chi connectivity index (χ2v) is 7.49. The number of esters is 1. The second kappa shape index (κ2) is 9.27. The number of ether oxygens (including phenoxy) is 2. The van der Waals surface area contributed by atoms with Gasteiger partial charge in [0.1, 0.15) is 11.6 Å². The molecule has 8 heteroatoms. The van der Waals surface area contributed by atoms with Crippen molar-refractivity contribution in [3.63, 3.8) is 0 Å². The third kappa shape index (κ3) is 7.94. The summed E-state index contributed by atoms with van der Waals surface area (Å²) < 4.78 is 10.0. The second-order valence-electron chi connectivity index (χ2n) is 6.61. The highest BCUT2D eigenvalue weighted by atomic mass is 35.5. The zero-order valence-electron chi connectivity index (χ0n) is 15.0. The lowest BCUT2D eigenvalue weighted by atomic mass is 10.1. The normalized spacial score (nSPS) is 13.7. The molecule has 140 valence electrons. The molecule has 0 aliphatic carbocycles. The van der Waals surface area contributed by atoms with Gasteiger partial charge in [0.15, 0.2) is 0 Å². The van der Waals surface area contributed by atoms with Crippen LogP contribution >= 0.6 is 23.2 Å². The van der Waals surface area contributed by atoms with Crippen LogP contribution in [0.5, 0.6) is 0 Å². The molecule has 25 heavy (non-hydrogen) atoms. The molecule has 0 bridgehead atoms. The number of hydrogen-bond donors (Lipinski definition) is 2. The Labute approximate surface area is 158 Å². The fourth-order valence-corrected chi connectivity index (χ4v) is 2.59. The van der Waals surface area contributed by atoms with E-state index in [1.54, 1.807) is 45.9 Å². The third-order valence-corrected chi connectivity index (χ3v) is 3.48. The fraction of sp³-hybridized carbons (Fsp3) is 0.529. The first-order valence-electron chi connectivity index (χ1n) is 7.78. The van der Waals surface area contributed by atoms with Gasteiger partial charge < -0.3 is 14.8 Å². The number of nitrogens with one attached hydrogen (secondary N) is 2. The SMILES string of the molecule is COC(=O)C(NCC(C)NC(=O)OC(C)(C)C)c1cc(Cl)cc(Cl)c1. The molecule has 0 fully saturated rings. The summed E-state index contributed by atoms with van der Waals surface area (Å²) in [4.78, 5) is 23.8. The zero-order chi connectivity index (χ0) is 19.2. The van der Waals surface area contributed by atoms with Gasteiger partial charge in [0, 0.05) is 22.6 Å². The molecule has 0 heterocycles. The minimum absolute atomic E-state index is 0.281. The van der Waals surface area contributed by atoms with Crippen molar-refractivity contribution in [3.05, 3.63) is 33.8 Å². The maximum atomic E-state index is 12.1. The van der Waals surface area contributed by atoms with Crippen LogP contribution in [0.4, 0.5) is 4.79 Å². The van der Waals surface area contributed by atoms with E-state index in [0.29, 0.717) is 22.2 Å². The van der Waals surface area contributed by atoms with E-state index >= 15 is 0 Å². The number of methoxy groups -OCH3 is 1. The summed E-state index contributed by atoms with van der Waals surface area (Å²) >= 11 is 12.0. The van der Waals surface area contributed by atoms with E-state index in [1.807, 2.05) is 0 Å². The summed E-state index contributed by atoms with van der Waals surface area (Å²) in [5.41, 5.74) is -0.00243. The number of carbonyl (C=O) groups excluding carboxylic acids is 2. The number of hydrogen-bond acceptors (Lipinski definition) is 5. The Morgan fingerprint density at radius 3 is 2.20 bits per heavy atom. The third-order valence-electron chi connectivity index (χ3n) is 3.05. The summed E-state index contributed by atoms with van der Waals surface area (Å²) in [6, 6.07) is 3.80. The molecule has 0 radical (unpaired) electrons. The lowest BCUT2D eigenvalue weighted by Crippen LogP contribution is -2.44. The molecule has 0 aliphatic heterocycles. The van der Waals surface area contributed by atoms with Gasteiger partial charge in [-0.3, -0.25) is 5.32 Å². The number of halogens is 2. The van der Waals surface area contributed by atoms with Crippen molar-refractivity contribution < 1.29 is 19.1 Å². The van der Waals surface area contributed by atoms with Crippen LogP contribution in [0.2, 0.25) is 10.0 Å². The number of amides is 1. The van der Waals surface area contributed by atoms with Crippen molar-refractivity contribution in [1.29, 1.82) is 0 Å². The molecule has 2 unspecified atom stereocenters. The van der Waals surface area contributed by atoms with Crippen molar-refractivity contribution >= 4 is 35.3 Å². The van der Waals surface area contributed by atoms with Gasteiger partial charge in [-0.15, -0.1) is 0 Å². The summed E-state index contributed by atoms with van der Waals surface area (Å²) in [5.74, 6) is -0.484. The monoisotopic (exact) mass is 390 g/mol. The van der Waals surface area contributed by atoms with Crippen LogP contribution in [0.15, 0.2) is 18.2 Å². The largest absolute Gasteiger partial charge is 0.468 e. The van der Waals surface area contributed by atoms with Gasteiger partial charge in [0.05, 0.1) is 7.11 Å². The van der Waals surface area contributed by atoms with Gasteiger partial charge in [-0.25, -0.2) is 9.59 Å². The average molecular weight is 391 g/mol. The predicted octanol–water partition coefficient (Wildman–Crippen LogP) is 3.71. The topological polar surface area (TPSA) is 76.7 Å². The molecule has 1 aromatic carbocycles. The van der Waals surface area contributed by atoms with Crippen LogP contribution in [0, 0.1) is 0 Å². The van der Waals surface area contributed by atoms with E-state index < -0.39 is 23.7 Å². The Morgan fingerprint density at radius 2 is 1.72 bits per heavy atom. The lowest BCUT2D eigenvalue weighted by Gasteiger charge is -2.23. The fourth-order valence-electron chi connectivity index (χ4n) is 2.05. The van der Waals surface area contributed by atoms with Crippen molar-refractivity contribution in [1.82, 2.24) is 10.6 Å². The first-order valence-corrected chi connectivity index (χ1v) is 8.54. The Kier molecular flexibility index (Phi) is 7.99. The van der Waals surface area contributed by atoms with Gasteiger partial charge in [-0.1, -0.05) is 23.2 Å². The molecule has 1 rings (SSSR count). The van der Waals surface area contributed by atoms with E-state index in [1.165, 1.54) is 7.11 Å². The molecule has 0 aromatic heterocycles.